The molecule has 0 spiro atoms. The van der Waals surface area contributed by atoms with Crippen molar-refractivity contribution in [2.75, 3.05) is 0 Å². The smallest absolute Gasteiger partial charge is 0.283 e. The second kappa shape index (κ2) is 3.06. The van der Waals surface area contributed by atoms with Gasteiger partial charge in [-0.3, -0.25) is 4.52 Å². The number of nitrogens with zero attached hydrogens (tertiary/aromatic N) is 1. The highest BCUT2D eigenvalue weighted by Crippen LogP contribution is 2.09. The van der Waals surface area contributed by atoms with Crippen molar-refractivity contribution in [3.8, 4) is 5.69 Å². The van der Waals surface area contributed by atoms with Gasteiger partial charge in [-0.1, -0.05) is 17.7 Å². The van der Waals surface area contributed by atoms with Crippen molar-refractivity contribution < 1.29 is 9.20 Å². The van der Waals surface area contributed by atoms with E-state index in [2.05, 4.69) is 9.79 Å². The summed E-state index contributed by atoms with van der Waals surface area (Å²) < 4.78 is 5.95. The van der Waals surface area contributed by atoms with E-state index in [0.29, 0.717) is 5.02 Å². The lowest BCUT2D eigenvalue weighted by molar-refractivity contribution is -0.670. The molecule has 0 saturated carbocycles. The Kier molecular flexibility index (Phi) is 1.90. The Morgan fingerprint density at radius 3 is 2.92 bits per heavy atom. The Morgan fingerprint density at radius 2 is 2.31 bits per heavy atom. The van der Waals surface area contributed by atoms with Gasteiger partial charge < -0.3 is 0 Å². The molecule has 1 heterocycles. The lowest BCUT2D eigenvalue weighted by Gasteiger charge is -1.88. The van der Waals surface area contributed by atoms with Gasteiger partial charge in [0.05, 0.1) is 0 Å². The Balaban J connectivity index is 2.52. The average Bonchev–Trinajstić information content (AvgIpc) is 2.52. The van der Waals surface area contributed by atoms with E-state index in [9.17, 15) is 4.79 Å². The molecule has 66 valence electrons. The van der Waals surface area contributed by atoms with E-state index in [1.165, 1.54) is 10.9 Å². The van der Waals surface area contributed by atoms with Gasteiger partial charge in [0.1, 0.15) is 0 Å². The first-order valence-electron chi connectivity index (χ1n) is 3.62. The summed E-state index contributed by atoms with van der Waals surface area (Å²) in [6, 6.07) is 7.06. The molecule has 0 amide bonds. The van der Waals surface area contributed by atoms with Gasteiger partial charge in [-0.2, -0.15) is 0 Å². The molecule has 0 bridgehead atoms. The minimum Gasteiger partial charge on any atom is -0.283 e. The predicted octanol–water partition coefficient (Wildman–Crippen LogP) is 0.898. The van der Waals surface area contributed by atoms with Crippen LogP contribution < -0.4 is 10.3 Å². The van der Waals surface area contributed by atoms with Gasteiger partial charge in [0, 0.05) is 17.2 Å². The first-order valence-corrected chi connectivity index (χ1v) is 3.99. The Hall–Kier alpha value is -1.55. The number of halogens is 1. The summed E-state index contributed by atoms with van der Waals surface area (Å²) >= 11 is 5.77. The van der Waals surface area contributed by atoms with Gasteiger partial charge in [0.15, 0.2) is 0 Å². The molecule has 1 aromatic carbocycles. The quantitative estimate of drug-likeness (QED) is 0.691. The molecular weight excluding hydrogens is 192 g/mol. The average molecular weight is 198 g/mol. The maximum Gasteiger partial charge on any atom is 0.427 e. The maximum absolute atomic E-state index is 10.7. The highest BCUT2D eigenvalue weighted by atomic mass is 35.5. The number of benzene rings is 1. The molecule has 13 heavy (non-hydrogen) atoms. The second-order valence-electron chi connectivity index (χ2n) is 2.49. The Bertz CT molecular complexity index is 475. The van der Waals surface area contributed by atoms with Crippen molar-refractivity contribution in [3.05, 3.63) is 45.9 Å². The summed E-state index contributed by atoms with van der Waals surface area (Å²) in [4.78, 5) is 10.7. The number of hydrogen-bond acceptors (Lipinski definition) is 2. The van der Waals surface area contributed by atoms with Gasteiger partial charge in [-0.25, -0.2) is 4.79 Å². The SMILES string of the molecule is O=c1c[n+](-c2cccc(Cl)c2)[nH]o1. The number of hydrogen-bond donors (Lipinski definition) is 1. The molecule has 0 aliphatic heterocycles. The minimum atomic E-state index is -0.431. The molecule has 0 aliphatic rings. The van der Waals surface area contributed by atoms with E-state index in [-0.39, 0.29) is 0 Å². The number of H-pyrrole nitrogens is 1. The van der Waals surface area contributed by atoms with Crippen LogP contribution in [0.15, 0.2) is 39.8 Å². The van der Waals surface area contributed by atoms with E-state index in [1.807, 2.05) is 0 Å². The lowest BCUT2D eigenvalue weighted by Crippen LogP contribution is -2.31. The fourth-order valence-electron chi connectivity index (χ4n) is 1.01. The highest BCUT2D eigenvalue weighted by molar-refractivity contribution is 6.30. The molecular formula is C8H6ClN2O2+. The standard InChI is InChI=1S/C8H5ClN2O2/c9-6-2-1-3-7(4-6)11-5-8(12)13-10-11/h1-5H/p+1. The summed E-state index contributed by atoms with van der Waals surface area (Å²) in [5.74, 6) is 0. The molecule has 5 heteroatoms. The van der Waals surface area contributed by atoms with Crippen LogP contribution in [0.5, 0.6) is 0 Å². The van der Waals surface area contributed by atoms with Crippen molar-refractivity contribution in [2.24, 2.45) is 0 Å². The first kappa shape index (κ1) is 8.07. The van der Waals surface area contributed by atoms with Crippen molar-refractivity contribution in [1.82, 2.24) is 5.27 Å². The van der Waals surface area contributed by atoms with Crippen LogP contribution in [-0.2, 0) is 0 Å². The molecule has 0 aliphatic carbocycles. The van der Waals surface area contributed by atoms with Crippen LogP contribution in [0.1, 0.15) is 0 Å². The largest absolute Gasteiger partial charge is 0.427 e. The zero-order valence-corrected chi connectivity index (χ0v) is 7.28. The summed E-state index contributed by atoms with van der Waals surface area (Å²) in [6.45, 7) is 0. The van der Waals surface area contributed by atoms with Gasteiger partial charge in [-0.05, 0) is 16.0 Å². The van der Waals surface area contributed by atoms with Crippen molar-refractivity contribution in [3.63, 3.8) is 0 Å². The Morgan fingerprint density at radius 1 is 1.46 bits per heavy atom. The predicted molar refractivity (Wildman–Crippen MR) is 45.9 cm³/mol. The normalized spacial score (nSPS) is 10.2. The molecule has 0 radical (unpaired) electrons. The van der Waals surface area contributed by atoms with Crippen molar-refractivity contribution in [2.45, 2.75) is 0 Å². The van der Waals surface area contributed by atoms with Crippen LogP contribution in [0.4, 0.5) is 0 Å². The number of aromatic amines is 1. The topological polar surface area (TPSA) is 49.9 Å². The lowest BCUT2D eigenvalue weighted by atomic mass is 10.3. The zero-order chi connectivity index (χ0) is 9.26. The van der Waals surface area contributed by atoms with Crippen LogP contribution in [0.3, 0.4) is 0 Å². The molecule has 0 saturated heterocycles. The van der Waals surface area contributed by atoms with Crippen LogP contribution in [0, 0.1) is 0 Å². The molecule has 0 atom stereocenters. The number of rotatable bonds is 1. The molecule has 0 fully saturated rings. The monoisotopic (exact) mass is 197 g/mol. The summed E-state index contributed by atoms with van der Waals surface area (Å²) in [7, 11) is 0. The van der Waals surface area contributed by atoms with Gasteiger partial charge in [0.2, 0.25) is 5.69 Å². The molecule has 4 nitrogen and oxygen atoms in total. The van der Waals surface area contributed by atoms with E-state index in [1.54, 1.807) is 24.3 Å². The molecule has 2 aromatic rings. The van der Waals surface area contributed by atoms with Crippen LogP contribution in [-0.4, -0.2) is 5.27 Å². The van der Waals surface area contributed by atoms with Crippen molar-refractivity contribution >= 4 is 11.6 Å². The summed E-state index contributed by atoms with van der Waals surface area (Å²) in [5, 5.41) is 3.02. The fraction of sp³-hybridized carbons (Fsp3) is 0. The van der Waals surface area contributed by atoms with Crippen molar-refractivity contribution in [1.29, 1.82) is 0 Å². The van der Waals surface area contributed by atoms with E-state index in [0.717, 1.165) is 5.69 Å². The molecule has 0 unspecified atom stereocenters. The zero-order valence-electron chi connectivity index (χ0n) is 6.53. The van der Waals surface area contributed by atoms with Gasteiger partial charge >= 0.3 is 5.63 Å². The van der Waals surface area contributed by atoms with E-state index < -0.39 is 5.63 Å². The first-order chi connectivity index (χ1) is 6.25. The van der Waals surface area contributed by atoms with Crippen LogP contribution in [0.2, 0.25) is 5.02 Å². The van der Waals surface area contributed by atoms with Gasteiger partial charge in [0.25, 0.3) is 6.20 Å². The number of nitrogens with one attached hydrogen (secondary N) is 1. The van der Waals surface area contributed by atoms with E-state index in [4.69, 9.17) is 11.6 Å². The summed E-state index contributed by atoms with van der Waals surface area (Å²) in [6.07, 6.45) is 1.30. The molecule has 1 aromatic heterocycles. The van der Waals surface area contributed by atoms with Crippen LogP contribution >= 0.6 is 11.6 Å². The Labute approximate surface area is 78.3 Å². The maximum atomic E-state index is 10.7. The van der Waals surface area contributed by atoms with E-state index >= 15 is 0 Å². The highest BCUT2D eigenvalue weighted by Gasteiger charge is 2.09. The summed E-state index contributed by atoms with van der Waals surface area (Å²) in [5.41, 5.74) is 0.318. The van der Waals surface area contributed by atoms with Gasteiger partial charge in [-0.15, -0.1) is 0 Å². The minimum absolute atomic E-state index is 0.431. The fourth-order valence-corrected chi connectivity index (χ4v) is 1.19. The molecule has 1 N–H and O–H groups in total. The third kappa shape index (κ3) is 1.62. The third-order valence-corrected chi connectivity index (χ3v) is 1.80. The third-order valence-electron chi connectivity index (χ3n) is 1.57. The molecule has 2 rings (SSSR count). The van der Waals surface area contributed by atoms with Crippen LogP contribution in [0.25, 0.3) is 5.69 Å². The second-order valence-corrected chi connectivity index (χ2v) is 2.93. The number of aromatic nitrogens is 2.